The van der Waals surface area contributed by atoms with E-state index in [1.54, 1.807) is 11.8 Å². The molecule has 3 atom stereocenters. The maximum absolute atomic E-state index is 4.12. The van der Waals surface area contributed by atoms with Crippen LogP contribution >= 0.6 is 11.8 Å². The minimum Gasteiger partial charge on any atom is -0.385 e. The topological polar surface area (TPSA) is 53.6 Å². The summed E-state index contributed by atoms with van der Waals surface area (Å²) in [5, 5.41) is 11.1. The molecule has 1 saturated carbocycles. The Morgan fingerprint density at radius 3 is 2.76 bits per heavy atom. The van der Waals surface area contributed by atoms with Crippen molar-refractivity contribution >= 4 is 17.4 Å². The summed E-state index contributed by atoms with van der Waals surface area (Å²) in [5.74, 6) is 2.47. The van der Waals surface area contributed by atoms with Gasteiger partial charge in [0.25, 0.3) is 0 Å². The molecule has 0 amide bonds. The molecule has 0 radical (unpaired) electrons. The highest BCUT2D eigenvalue weighted by molar-refractivity contribution is 7.99. The molecule has 3 unspecified atom stereocenters. The molecule has 5 heteroatoms. The molecule has 1 heterocycles. The first-order chi connectivity index (χ1) is 10.4. The molecule has 108 valence electrons. The van der Waals surface area contributed by atoms with E-state index in [1.165, 1.54) is 29.8 Å². The Morgan fingerprint density at radius 2 is 2.10 bits per heavy atom. The minimum absolute atomic E-state index is 0.809. The van der Waals surface area contributed by atoms with E-state index >= 15 is 0 Å². The first kappa shape index (κ1) is 13.0. The number of nitrogens with zero attached hydrogens (tertiary/aromatic N) is 2. The summed E-state index contributed by atoms with van der Waals surface area (Å²) in [5.41, 5.74) is 1.20. The van der Waals surface area contributed by atoms with Crippen molar-refractivity contribution in [2.75, 3.05) is 11.9 Å². The van der Waals surface area contributed by atoms with E-state index in [2.05, 4.69) is 56.9 Å². The maximum Gasteiger partial charge on any atom is 0.188 e. The lowest BCUT2D eigenvalue weighted by molar-refractivity contribution is 0.472. The number of benzene rings is 1. The molecule has 0 saturated heterocycles. The highest BCUT2D eigenvalue weighted by Gasteiger charge is 2.35. The summed E-state index contributed by atoms with van der Waals surface area (Å²) in [6, 6.07) is 8.52. The van der Waals surface area contributed by atoms with Gasteiger partial charge >= 0.3 is 0 Å². The molecule has 2 aliphatic rings. The van der Waals surface area contributed by atoms with Gasteiger partial charge in [0.05, 0.1) is 0 Å². The van der Waals surface area contributed by atoms with Gasteiger partial charge in [-0.3, -0.25) is 5.10 Å². The maximum atomic E-state index is 4.12. The van der Waals surface area contributed by atoms with Gasteiger partial charge in [-0.1, -0.05) is 23.9 Å². The number of hydrogen-bond acceptors (Lipinski definition) is 4. The fourth-order valence-electron chi connectivity index (χ4n) is 3.37. The van der Waals surface area contributed by atoms with E-state index in [9.17, 15) is 0 Å². The van der Waals surface area contributed by atoms with Crippen molar-refractivity contribution in [3.63, 3.8) is 0 Å². The largest absolute Gasteiger partial charge is 0.385 e. The standard InChI is InChI=1S/C16H18N4S/c1-2-12-7-11(1)8-13(12)9-17-14-3-5-15(6-4-14)21-16-18-10-19-20-16/h1-6,10-13,17H,7-9H2,(H,18,19,20). The normalized spacial score (nSPS) is 26.4. The molecule has 0 aliphatic heterocycles. The number of H-pyrrole nitrogens is 1. The number of hydrogen-bond donors (Lipinski definition) is 2. The van der Waals surface area contributed by atoms with E-state index in [4.69, 9.17) is 0 Å². The number of rotatable bonds is 5. The van der Waals surface area contributed by atoms with Gasteiger partial charge in [-0.05, 0) is 54.9 Å². The van der Waals surface area contributed by atoms with E-state index in [0.29, 0.717) is 0 Å². The lowest BCUT2D eigenvalue weighted by Crippen LogP contribution is -2.18. The van der Waals surface area contributed by atoms with Crippen molar-refractivity contribution in [1.82, 2.24) is 15.2 Å². The lowest BCUT2D eigenvalue weighted by atomic mass is 9.93. The van der Waals surface area contributed by atoms with Crippen LogP contribution in [0.25, 0.3) is 0 Å². The Hall–Kier alpha value is -1.75. The molecule has 1 aromatic carbocycles. The average molecular weight is 298 g/mol. The van der Waals surface area contributed by atoms with Crippen LogP contribution in [0.4, 0.5) is 5.69 Å². The smallest absolute Gasteiger partial charge is 0.188 e. The summed E-state index contributed by atoms with van der Waals surface area (Å²) >= 11 is 1.59. The van der Waals surface area contributed by atoms with Gasteiger partial charge in [-0.25, -0.2) is 4.98 Å². The molecule has 2 aliphatic carbocycles. The van der Waals surface area contributed by atoms with Crippen molar-refractivity contribution < 1.29 is 0 Å². The predicted molar refractivity (Wildman–Crippen MR) is 84.3 cm³/mol. The van der Waals surface area contributed by atoms with Gasteiger partial charge in [-0.2, -0.15) is 5.10 Å². The summed E-state index contributed by atoms with van der Waals surface area (Å²) < 4.78 is 0. The molecular formula is C16H18N4S. The van der Waals surface area contributed by atoms with Crippen LogP contribution < -0.4 is 5.32 Å². The third-order valence-corrected chi connectivity index (χ3v) is 5.34. The molecule has 4 rings (SSSR count). The number of nitrogens with one attached hydrogen (secondary N) is 2. The van der Waals surface area contributed by atoms with Crippen LogP contribution in [-0.2, 0) is 0 Å². The first-order valence-electron chi connectivity index (χ1n) is 7.42. The van der Waals surface area contributed by atoms with Crippen molar-refractivity contribution in [3.8, 4) is 0 Å². The fourth-order valence-corrected chi connectivity index (χ4v) is 4.07. The zero-order valence-electron chi connectivity index (χ0n) is 11.7. The number of aromatic amines is 1. The lowest BCUT2D eigenvalue weighted by Gasteiger charge is -2.19. The van der Waals surface area contributed by atoms with E-state index in [1.807, 2.05) is 0 Å². The van der Waals surface area contributed by atoms with Gasteiger partial charge in [0.2, 0.25) is 0 Å². The number of fused-ring (bicyclic) bond motifs is 2. The van der Waals surface area contributed by atoms with Gasteiger partial charge in [-0.15, -0.1) is 0 Å². The highest BCUT2D eigenvalue weighted by Crippen LogP contribution is 2.43. The molecule has 2 N–H and O–H groups in total. The third kappa shape index (κ3) is 2.83. The highest BCUT2D eigenvalue weighted by atomic mass is 32.2. The summed E-state index contributed by atoms with van der Waals surface area (Å²) in [7, 11) is 0. The molecule has 21 heavy (non-hydrogen) atoms. The van der Waals surface area contributed by atoms with Gasteiger partial charge in [0, 0.05) is 17.1 Å². The molecule has 2 bridgehead atoms. The Morgan fingerprint density at radius 1 is 1.19 bits per heavy atom. The van der Waals surface area contributed by atoms with Gasteiger partial charge < -0.3 is 5.32 Å². The Bertz CT molecular complexity index is 620. The number of allylic oxidation sites excluding steroid dienone is 2. The molecular weight excluding hydrogens is 280 g/mol. The molecule has 4 nitrogen and oxygen atoms in total. The van der Waals surface area contributed by atoms with Crippen LogP contribution in [0.5, 0.6) is 0 Å². The Labute approximate surface area is 128 Å². The summed E-state index contributed by atoms with van der Waals surface area (Å²) in [4.78, 5) is 5.29. The van der Waals surface area contributed by atoms with E-state index in [0.717, 1.165) is 29.5 Å². The van der Waals surface area contributed by atoms with Crippen LogP contribution in [0.2, 0.25) is 0 Å². The van der Waals surface area contributed by atoms with Crippen LogP contribution in [0.3, 0.4) is 0 Å². The predicted octanol–water partition coefficient (Wildman–Crippen LogP) is 3.58. The number of aromatic nitrogens is 3. The molecule has 0 spiro atoms. The SMILES string of the molecule is C1=CC2CC1CC2CNc1ccc(Sc2ncn[nH]2)cc1. The van der Waals surface area contributed by atoms with Gasteiger partial charge in [0.1, 0.15) is 6.33 Å². The van der Waals surface area contributed by atoms with Crippen molar-refractivity contribution in [2.24, 2.45) is 17.8 Å². The summed E-state index contributed by atoms with van der Waals surface area (Å²) in [6.45, 7) is 1.08. The van der Waals surface area contributed by atoms with E-state index < -0.39 is 0 Å². The fraction of sp³-hybridized carbons (Fsp3) is 0.375. The molecule has 1 fully saturated rings. The zero-order chi connectivity index (χ0) is 14.1. The molecule has 1 aromatic heterocycles. The average Bonchev–Trinajstić information content (AvgIpc) is 3.24. The van der Waals surface area contributed by atoms with Gasteiger partial charge in [0.15, 0.2) is 5.16 Å². The van der Waals surface area contributed by atoms with Crippen molar-refractivity contribution in [1.29, 1.82) is 0 Å². The van der Waals surface area contributed by atoms with Crippen LogP contribution in [-0.4, -0.2) is 21.7 Å². The minimum atomic E-state index is 0.809. The summed E-state index contributed by atoms with van der Waals surface area (Å²) in [6.07, 6.45) is 9.07. The van der Waals surface area contributed by atoms with Crippen LogP contribution in [0.1, 0.15) is 12.8 Å². The van der Waals surface area contributed by atoms with Crippen LogP contribution in [0, 0.1) is 17.8 Å². The zero-order valence-corrected chi connectivity index (χ0v) is 12.5. The monoisotopic (exact) mass is 298 g/mol. The Balaban J connectivity index is 1.33. The van der Waals surface area contributed by atoms with Crippen molar-refractivity contribution in [3.05, 3.63) is 42.7 Å². The van der Waals surface area contributed by atoms with Crippen molar-refractivity contribution in [2.45, 2.75) is 22.9 Å². The second-order valence-electron chi connectivity index (χ2n) is 5.84. The first-order valence-corrected chi connectivity index (χ1v) is 8.24. The quantitative estimate of drug-likeness (QED) is 0.828. The second-order valence-corrected chi connectivity index (χ2v) is 6.90. The van der Waals surface area contributed by atoms with Crippen LogP contribution in [0.15, 0.2) is 52.8 Å². The molecule has 2 aromatic rings. The Kier molecular flexibility index (Phi) is 3.43. The third-order valence-electron chi connectivity index (χ3n) is 4.45. The van der Waals surface area contributed by atoms with E-state index in [-0.39, 0.29) is 0 Å². The number of anilines is 1. The second kappa shape index (κ2) is 5.56.